The molecule has 0 aromatic rings. The van der Waals surface area contributed by atoms with Crippen LogP contribution in [0.2, 0.25) is 0 Å². The van der Waals surface area contributed by atoms with E-state index < -0.39 is 0 Å². The molecule has 1 saturated heterocycles. The van der Waals surface area contributed by atoms with Crippen molar-refractivity contribution in [2.45, 2.75) is 44.8 Å². The highest BCUT2D eigenvalue weighted by Crippen LogP contribution is 2.32. The molecule has 4 nitrogen and oxygen atoms in total. The van der Waals surface area contributed by atoms with Crippen LogP contribution in [-0.2, 0) is 4.79 Å². The van der Waals surface area contributed by atoms with E-state index in [4.69, 9.17) is 0 Å². The Morgan fingerprint density at radius 2 is 2.25 bits per heavy atom. The lowest BCUT2D eigenvalue weighted by Crippen LogP contribution is -2.52. The molecule has 16 heavy (non-hydrogen) atoms. The van der Waals surface area contributed by atoms with Gasteiger partial charge in [0, 0.05) is 6.54 Å². The highest BCUT2D eigenvalue weighted by Gasteiger charge is 2.31. The van der Waals surface area contributed by atoms with E-state index in [0.717, 1.165) is 32.2 Å². The fourth-order valence-electron chi connectivity index (χ4n) is 2.36. The molecular weight excluding hydrogens is 204 g/mol. The van der Waals surface area contributed by atoms with Crippen molar-refractivity contribution >= 4 is 5.91 Å². The van der Waals surface area contributed by atoms with Crippen LogP contribution < -0.4 is 10.6 Å². The Kier molecular flexibility index (Phi) is 3.82. The van der Waals surface area contributed by atoms with Gasteiger partial charge in [0.15, 0.2) is 0 Å². The zero-order valence-electron chi connectivity index (χ0n) is 9.91. The SMILES string of the molecule is CC1CCCNC1C(=O)NCC(O)C1CC1. The van der Waals surface area contributed by atoms with Gasteiger partial charge in [0.2, 0.25) is 5.91 Å². The summed E-state index contributed by atoms with van der Waals surface area (Å²) < 4.78 is 0. The zero-order chi connectivity index (χ0) is 11.5. The molecule has 2 fully saturated rings. The summed E-state index contributed by atoms with van der Waals surface area (Å²) in [5.41, 5.74) is 0. The summed E-state index contributed by atoms with van der Waals surface area (Å²) in [5.74, 6) is 0.871. The third kappa shape index (κ3) is 2.95. The second-order valence-electron chi connectivity index (χ2n) is 5.20. The summed E-state index contributed by atoms with van der Waals surface area (Å²) in [4.78, 5) is 11.9. The molecule has 2 rings (SSSR count). The molecule has 3 unspecified atom stereocenters. The first-order valence-electron chi connectivity index (χ1n) is 6.37. The molecule has 0 bridgehead atoms. The highest BCUT2D eigenvalue weighted by atomic mass is 16.3. The fraction of sp³-hybridized carbons (Fsp3) is 0.917. The molecule has 0 aromatic heterocycles. The van der Waals surface area contributed by atoms with E-state index in [1.807, 2.05) is 0 Å². The van der Waals surface area contributed by atoms with Gasteiger partial charge in [-0.05, 0) is 44.1 Å². The van der Waals surface area contributed by atoms with Crippen molar-refractivity contribution in [3.63, 3.8) is 0 Å². The number of carbonyl (C=O) groups is 1. The molecule has 4 heteroatoms. The van der Waals surface area contributed by atoms with Gasteiger partial charge in [0.05, 0.1) is 12.1 Å². The number of aliphatic hydroxyl groups excluding tert-OH is 1. The third-order valence-electron chi connectivity index (χ3n) is 3.70. The molecule has 1 aliphatic heterocycles. The Hall–Kier alpha value is -0.610. The molecule has 1 aliphatic carbocycles. The maximum Gasteiger partial charge on any atom is 0.237 e. The lowest BCUT2D eigenvalue weighted by atomic mass is 9.92. The van der Waals surface area contributed by atoms with Crippen LogP contribution in [-0.4, -0.2) is 36.2 Å². The van der Waals surface area contributed by atoms with Gasteiger partial charge in [0.25, 0.3) is 0 Å². The van der Waals surface area contributed by atoms with Gasteiger partial charge < -0.3 is 15.7 Å². The molecule has 2 aliphatic rings. The summed E-state index contributed by atoms with van der Waals surface area (Å²) in [5, 5.41) is 15.8. The lowest BCUT2D eigenvalue weighted by Gasteiger charge is -2.29. The van der Waals surface area contributed by atoms with Crippen molar-refractivity contribution < 1.29 is 9.90 Å². The first-order valence-corrected chi connectivity index (χ1v) is 6.37. The summed E-state index contributed by atoms with van der Waals surface area (Å²) in [7, 11) is 0. The Labute approximate surface area is 96.8 Å². The van der Waals surface area contributed by atoms with E-state index in [0.29, 0.717) is 18.4 Å². The fourth-order valence-corrected chi connectivity index (χ4v) is 2.36. The summed E-state index contributed by atoms with van der Waals surface area (Å²) in [6.45, 7) is 3.44. The second-order valence-corrected chi connectivity index (χ2v) is 5.20. The minimum absolute atomic E-state index is 0.0481. The van der Waals surface area contributed by atoms with Crippen LogP contribution in [0.5, 0.6) is 0 Å². The van der Waals surface area contributed by atoms with Gasteiger partial charge >= 0.3 is 0 Å². The quantitative estimate of drug-likeness (QED) is 0.644. The average molecular weight is 226 g/mol. The third-order valence-corrected chi connectivity index (χ3v) is 3.70. The average Bonchev–Trinajstić information content (AvgIpc) is 3.10. The number of carbonyl (C=O) groups excluding carboxylic acids is 1. The molecular formula is C12H22N2O2. The van der Waals surface area contributed by atoms with E-state index in [9.17, 15) is 9.90 Å². The van der Waals surface area contributed by atoms with Gasteiger partial charge in [-0.25, -0.2) is 0 Å². The number of hydrogen-bond acceptors (Lipinski definition) is 3. The van der Waals surface area contributed by atoms with E-state index in [1.165, 1.54) is 0 Å². The predicted molar refractivity (Wildman–Crippen MR) is 61.9 cm³/mol. The molecule has 1 heterocycles. The van der Waals surface area contributed by atoms with Gasteiger partial charge in [-0.3, -0.25) is 4.79 Å². The van der Waals surface area contributed by atoms with Crippen molar-refractivity contribution in [3.05, 3.63) is 0 Å². The summed E-state index contributed by atoms with van der Waals surface area (Å²) >= 11 is 0. The van der Waals surface area contributed by atoms with E-state index in [2.05, 4.69) is 17.6 Å². The Bertz CT molecular complexity index is 253. The number of amides is 1. The molecule has 0 spiro atoms. The molecule has 3 atom stereocenters. The van der Waals surface area contributed by atoms with Crippen molar-refractivity contribution in [1.82, 2.24) is 10.6 Å². The number of aliphatic hydroxyl groups is 1. The number of piperidine rings is 1. The summed E-state index contributed by atoms with van der Waals surface area (Å²) in [6, 6.07) is -0.0693. The minimum Gasteiger partial charge on any atom is -0.391 e. The van der Waals surface area contributed by atoms with E-state index >= 15 is 0 Å². The molecule has 3 N–H and O–H groups in total. The van der Waals surface area contributed by atoms with Crippen molar-refractivity contribution in [3.8, 4) is 0 Å². The van der Waals surface area contributed by atoms with Crippen LogP contribution in [0.4, 0.5) is 0 Å². The van der Waals surface area contributed by atoms with Crippen LogP contribution in [0, 0.1) is 11.8 Å². The predicted octanol–water partition coefficient (Wildman–Crippen LogP) is 0.262. The van der Waals surface area contributed by atoms with Gasteiger partial charge in [-0.1, -0.05) is 6.92 Å². The molecule has 0 radical (unpaired) electrons. The van der Waals surface area contributed by atoms with Gasteiger partial charge in [-0.2, -0.15) is 0 Å². The van der Waals surface area contributed by atoms with Crippen molar-refractivity contribution in [2.75, 3.05) is 13.1 Å². The molecule has 1 amide bonds. The smallest absolute Gasteiger partial charge is 0.237 e. The zero-order valence-corrected chi connectivity index (χ0v) is 9.91. The van der Waals surface area contributed by atoms with Crippen LogP contribution in [0.3, 0.4) is 0 Å². The van der Waals surface area contributed by atoms with Gasteiger partial charge in [0.1, 0.15) is 0 Å². The molecule has 1 saturated carbocycles. The number of nitrogens with one attached hydrogen (secondary N) is 2. The molecule has 0 aromatic carbocycles. The second kappa shape index (κ2) is 5.15. The maximum absolute atomic E-state index is 11.9. The van der Waals surface area contributed by atoms with E-state index in [-0.39, 0.29) is 18.1 Å². The van der Waals surface area contributed by atoms with Crippen LogP contribution in [0.1, 0.15) is 32.6 Å². The van der Waals surface area contributed by atoms with Crippen LogP contribution in [0.25, 0.3) is 0 Å². The van der Waals surface area contributed by atoms with Crippen LogP contribution in [0.15, 0.2) is 0 Å². The van der Waals surface area contributed by atoms with E-state index in [1.54, 1.807) is 0 Å². The Morgan fingerprint density at radius 3 is 2.88 bits per heavy atom. The Balaban J connectivity index is 1.73. The maximum atomic E-state index is 11.9. The van der Waals surface area contributed by atoms with Crippen LogP contribution >= 0.6 is 0 Å². The largest absolute Gasteiger partial charge is 0.391 e. The monoisotopic (exact) mass is 226 g/mol. The standard InChI is InChI=1S/C12H22N2O2/c1-8-3-2-6-13-11(8)12(16)14-7-10(15)9-4-5-9/h8-11,13,15H,2-7H2,1H3,(H,14,16). The lowest BCUT2D eigenvalue weighted by molar-refractivity contribution is -0.125. The normalized spacial score (nSPS) is 32.1. The number of rotatable bonds is 4. The highest BCUT2D eigenvalue weighted by molar-refractivity contribution is 5.82. The first kappa shape index (κ1) is 11.9. The van der Waals surface area contributed by atoms with Gasteiger partial charge in [-0.15, -0.1) is 0 Å². The topological polar surface area (TPSA) is 61.4 Å². The van der Waals surface area contributed by atoms with Crippen molar-refractivity contribution in [1.29, 1.82) is 0 Å². The molecule has 92 valence electrons. The minimum atomic E-state index is -0.345. The summed E-state index contributed by atoms with van der Waals surface area (Å²) in [6.07, 6.45) is 4.12. The van der Waals surface area contributed by atoms with Crippen molar-refractivity contribution in [2.24, 2.45) is 11.8 Å². The number of hydrogen-bond donors (Lipinski definition) is 3. The first-order chi connectivity index (χ1) is 7.68. The Morgan fingerprint density at radius 1 is 1.50 bits per heavy atom.